The minimum Gasteiger partial charge on any atom is -0.350 e. The van der Waals surface area contributed by atoms with Crippen molar-refractivity contribution >= 4 is 27.3 Å². The molecule has 0 atom stereocenters. The van der Waals surface area contributed by atoms with Crippen LogP contribution in [0.3, 0.4) is 0 Å². The lowest BCUT2D eigenvalue weighted by atomic mass is 10.3. The van der Waals surface area contributed by atoms with Gasteiger partial charge in [0.25, 0.3) is 0 Å². The highest BCUT2D eigenvalue weighted by Crippen LogP contribution is 2.08. The van der Waals surface area contributed by atoms with Gasteiger partial charge in [0, 0.05) is 31.1 Å². The first-order valence-corrected chi connectivity index (χ1v) is 9.14. The lowest BCUT2D eigenvalue weighted by Crippen LogP contribution is -2.50. The predicted octanol–water partition coefficient (Wildman–Crippen LogP) is -0.0585. The summed E-state index contributed by atoms with van der Waals surface area (Å²) in [5, 5.41) is 4.85. The molecule has 2 rings (SSSR count). The second-order valence-corrected chi connectivity index (χ2v) is 7.81. The second kappa shape index (κ2) is 6.66. The first kappa shape index (κ1) is 15.4. The van der Waals surface area contributed by atoms with E-state index in [1.165, 1.54) is 10.6 Å². The van der Waals surface area contributed by atoms with Gasteiger partial charge in [-0.2, -0.15) is 4.31 Å². The number of hydrogen-bond donors (Lipinski definition) is 1. The zero-order valence-electron chi connectivity index (χ0n) is 11.4. The summed E-state index contributed by atoms with van der Waals surface area (Å²) in [6.07, 6.45) is 1.22. The van der Waals surface area contributed by atoms with Crippen molar-refractivity contribution in [2.45, 2.75) is 6.54 Å². The van der Waals surface area contributed by atoms with Gasteiger partial charge >= 0.3 is 0 Å². The van der Waals surface area contributed by atoms with Crippen molar-refractivity contribution in [1.29, 1.82) is 0 Å². The second-order valence-electron chi connectivity index (χ2n) is 4.79. The Kier molecular flexibility index (Phi) is 5.14. The van der Waals surface area contributed by atoms with Gasteiger partial charge in [-0.1, -0.05) is 6.07 Å². The fourth-order valence-electron chi connectivity index (χ4n) is 2.08. The Labute approximate surface area is 123 Å². The van der Waals surface area contributed by atoms with Gasteiger partial charge in [0.2, 0.25) is 15.9 Å². The Bertz CT molecular complexity index is 534. The molecule has 1 aromatic rings. The molecule has 1 N–H and O–H groups in total. The molecule has 8 heteroatoms. The van der Waals surface area contributed by atoms with Crippen molar-refractivity contribution < 1.29 is 13.2 Å². The summed E-state index contributed by atoms with van der Waals surface area (Å²) in [6.45, 7) is 2.98. The van der Waals surface area contributed by atoms with Crippen LogP contribution in [0.15, 0.2) is 17.5 Å². The Morgan fingerprint density at radius 3 is 2.60 bits per heavy atom. The van der Waals surface area contributed by atoms with Crippen LogP contribution in [0.25, 0.3) is 0 Å². The van der Waals surface area contributed by atoms with E-state index in [4.69, 9.17) is 0 Å². The topological polar surface area (TPSA) is 69.7 Å². The van der Waals surface area contributed by atoms with Crippen molar-refractivity contribution in [1.82, 2.24) is 14.5 Å². The van der Waals surface area contributed by atoms with E-state index in [9.17, 15) is 13.2 Å². The molecule has 0 unspecified atom stereocenters. The lowest BCUT2D eigenvalue weighted by molar-refractivity contribution is -0.122. The van der Waals surface area contributed by atoms with Gasteiger partial charge in [-0.05, 0) is 11.4 Å². The molecule has 1 saturated heterocycles. The minimum absolute atomic E-state index is 0.0220. The molecule has 0 radical (unpaired) electrons. The molecule has 0 aliphatic carbocycles. The Balaban J connectivity index is 1.71. The molecule has 0 spiro atoms. The highest BCUT2D eigenvalue weighted by molar-refractivity contribution is 7.88. The van der Waals surface area contributed by atoms with Crippen LogP contribution in [0.1, 0.15) is 4.88 Å². The zero-order valence-corrected chi connectivity index (χ0v) is 13.0. The smallest absolute Gasteiger partial charge is 0.234 e. The fraction of sp³-hybridized carbons (Fsp3) is 0.583. The first-order valence-electron chi connectivity index (χ1n) is 6.42. The normalized spacial score (nSPS) is 18.1. The molecule has 20 heavy (non-hydrogen) atoms. The van der Waals surface area contributed by atoms with Crippen molar-refractivity contribution in [3.8, 4) is 0 Å². The largest absolute Gasteiger partial charge is 0.350 e. The van der Waals surface area contributed by atoms with E-state index in [1.807, 2.05) is 22.4 Å². The van der Waals surface area contributed by atoms with Crippen LogP contribution >= 0.6 is 11.3 Å². The number of thiophene rings is 1. The third kappa shape index (κ3) is 4.55. The summed E-state index contributed by atoms with van der Waals surface area (Å²) in [5.74, 6) is -0.0220. The molecule has 112 valence electrons. The van der Waals surface area contributed by atoms with E-state index in [0.29, 0.717) is 39.3 Å². The number of sulfonamides is 1. The average Bonchev–Trinajstić information content (AvgIpc) is 2.89. The van der Waals surface area contributed by atoms with Gasteiger partial charge in [0.05, 0.1) is 19.3 Å². The molecule has 1 fully saturated rings. The van der Waals surface area contributed by atoms with Crippen LogP contribution in [0.2, 0.25) is 0 Å². The highest BCUT2D eigenvalue weighted by Gasteiger charge is 2.24. The minimum atomic E-state index is -3.11. The molecule has 2 heterocycles. The van der Waals surface area contributed by atoms with E-state index in [-0.39, 0.29) is 5.91 Å². The number of piperazine rings is 1. The number of carbonyl (C=O) groups excluding carboxylic acids is 1. The predicted molar refractivity (Wildman–Crippen MR) is 79.0 cm³/mol. The van der Waals surface area contributed by atoms with Crippen molar-refractivity contribution in [2.75, 3.05) is 39.0 Å². The number of nitrogens with zero attached hydrogens (tertiary/aromatic N) is 2. The summed E-state index contributed by atoms with van der Waals surface area (Å²) >= 11 is 1.61. The molecule has 1 aliphatic heterocycles. The van der Waals surface area contributed by atoms with Gasteiger partial charge in [-0.15, -0.1) is 11.3 Å². The summed E-state index contributed by atoms with van der Waals surface area (Å²) in [5.41, 5.74) is 0. The third-order valence-electron chi connectivity index (χ3n) is 3.21. The van der Waals surface area contributed by atoms with E-state index >= 15 is 0 Å². The van der Waals surface area contributed by atoms with Crippen LogP contribution in [0.5, 0.6) is 0 Å². The highest BCUT2D eigenvalue weighted by atomic mass is 32.2. The SMILES string of the molecule is CS(=O)(=O)N1CCN(CC(=O)NCc2cccs2)CC1. The quantitative estimate of drug-likeness (QED) is 0.826. The van der Waals surface area contributed by atoms with Crippen molar-refractivity contribution in [3.05, 3.63) is 22.4 Å². The maximum absolute atomic E-state index is 11.8. The maximum atomic E-state index is 11.8. The van der Waals surface area contributed by atoms with Gasteiger partial charge in [-0.3, -0.25) is 9.69 Å². The summed E-state index contributed by atoms with van der Waals surface area (Å²) in [7, 11) is -3.11. The van der Waals surface area contributed by atoms with Gasteiger partial charge < -0.3 is 5.32 Å². The van der Waals surface area contributed by atoms with E-state index in [2.05, 4.69) is 5.32 Å². The lowest BCUT2D eigenvalue weighted by Gasteiger charge is -2.32. The Morgan fingerprint density at radius 2 is 2.05 bits per heavy atom. The number of amides is 1. The van der Waals surface area contributed by atoms with Crippen LogP contribution in [-0.4, -0.2) is 62.5 Å². The van der Waals surface area contributed by atoms with E-state index in [1.54, 1.807) is 11.3 Å². The number of hydrogen-bond acceptors (Lipinski definition) is 5. The first-order chi connectivity index (χ1) is 9.45. The van der Waals surface area contributed by atoms with Gasteiger partial charge in [0.1, 0.15) is 0 Å². The molecule has 1 aliphatic rings. The van der Waals surface area contributed by atoms with E-state index < -0.39 is 10.0 Å². The third-order valence-corrected chi connectivity index (χ3v) is 5.39. The zero-order chi connectivity index (χ0) is 14.6. The molecular weight excluding hydrogens is 298 g/mol. The maximum Gasteiger partial charge on any atom is 0.234 e. The Hall–Kier alpha value is -0.960. The molecule has 0 aromatic carbocycles. The van der Waals surface area contributed by atoms with Crippen LogP contribution in [-0.2, 0) is 21.4 Å². The Morgan fingerprint density at radius 1 is 1.35 bits per heavy atom. The molecule has 6 nitrogen and oxygen atoms in total. The molecule has 1 aromatic heterocycles. The summed E-state index contributed by atoms with van der Waals surface area (Å²) in [6, 6.07) is 3.94. The average molecular weight is 317 g/mol. The summed E-state index contributed by atoms with van der Waals surface area (Å²) in [4.78, 5) is 14.9. The summed E-state index contributed by atoms with van der Waals surface area (Å²) < 4.78 is 24.2. The monoisotopic (exact) mass is 317 g/mol. The molecule has 0 bridgehead atoms. The van der Waals surface area contributed by atoms with Crippen LogP contribution < -0.4 is 5.32 Å². The van der Waals surface area contributed by atoms with Crippen LogP contribution in [0, 0.1) is 0 Å². The number of nitrogens with one attached hydrogen (secondary N) is 1. The fourth-order valence-corrected chi connectivity index (χ4v) is 3.55. The standard InChI is InChI=1S/C12H19N3O3S2/c1-20(17,18)15-6-4-14(5-7-15)10-12(16)13-9-11-3-2-8-19-11/h2-3,8H,4-7,9-10H2,1H3,(H,13,16). The molecular formula is C12H19N3O3S2. The van der Waals surface area contributed by atoms with Gasteiger partial charge in [-0.25, -0.2) is 8.42 Å². The van der Waals surface area contributed by atoms with Crippen molar-refractivity contribution in [2.24, 2.45) is 0 Å². The molecule has 1 amide bonds. The number of rotatable bonds is 5. The van der Waals surface area contributed by atoms with Gasteiger partial charge in [0.15, 0.2) is 0 Å². The molecule has 0 saturated carbocycles. The van der Waals surface area contributed by atoms with E-state index in [0.717, 1.165) is 4.88 Å². The number of carbonyl (C=O) groups is 1. The van der Waals surface area contributed by atoms with Crippen LogP contribution in [0.4, 0.5) is 0 Å². The van der Waals surface area contributed by atoms with Crippen molar-refractivity contribution in [3.63, 3.8) is 0 Å².